The van der Waals surface area contributed by atoms with E-state index in [0.717, 1.165) is 11.3 Å². The average molecular weight is 249 g/mol. The van der Waals surface area contributed by atoms with Gasteiger partial charge in [-0.15, -0.1) is 0 Å². The minimum Gasteiger partial charge on any atom is -0.497 e. The van der Waals surface area contributed by atoms with Gasteiger partial charge in [0.1, 0.15) is 5.75 Å². The Morgan fingerprint density at radius 1 is 1.22 bits per heavy atom. The normalized spacial score (nSPS) is 12.4. The molecule has 1 aromatic carbocycles. The quantitative estimate of drug-likeness (QED) is 0.835. The first-order valence-corrected chi connectivity index (χ1v) is 6.09. The molecular formula is C15H23NO2. The van der Waals surface area contributed by atoms with E-state index in [9.17, 15) is 4.79 Å². The summed E-state index contributed by atoms with van der Waals surface area (Å²) in [5, 5.41) is 0. The van der Waals surface area contributed by atoms with Crippen LogP contribution in [0.25, 0.3) is 0 Å². The summed E-state index contributed by atoms with van der Waals surface area (Å²) in [7, 11) is 1.61. The molecule has 1 aromatic rings. The standard InChI is InChI=1S/C15H23NO2/c1-10-9-11(18-6)7-8-12(10)13(17)14(2,3)15(4,5)16/h7-9H,16H2,1-6H3. The van der Waals surface area contributed by atoms with Crippen LogP contribution >= 0.6 is 0 Å². The Balaban J connectivity index is 3.20. The Bertz CT molecular complexity index is 456. The number of methoxy groups -OCH3 is 1. The fourth-order valence-corrected chi connectivity index (χ4v) is 1.65. The van der Waals surface area contributed by atoms with Crippen LogP contribution in [0.3, 0.4) is 0 Å². The van der Waals surface area contributed by atoms with E-state index in [-0.39, 0.29) is 5.78 Å². The maximum Gasteiger partial charge on any atom is 0.170 e. The first-order valence-electron chi connectivity index (χ1n) is 6.09. The molecule has 0 heterocycles. The molecule has 1 rings (SSSR count). The number of nitrogens with two attached hydrogens (primary N) is 1. The number of ketones is 1. The molecule has 18 heavy (non-hydrogen) atoms. The van der Waals surface area contributed by atoms with Gasteiger partial charge >= 0.3 is 0 Å². The SMILES string of the molecule is COc1ccc(C(=O)C(C)(C)C(C)(C)N)c(C)c1. The third kappa shape index (κ3) is 2.56. The lowest BCUT2D eigenvalue weighted by atomic mass is 9.70. The molecule has 0 bridgehead atoms. The van der Waals surface area contributed by atoms with Crippen molar-refractivity contribution in [3.8, 4) is 5.75 Å². The summed E-state index contributed by atoms with van der Waals surface area (Å²) < 4.78 is 5.15. The van der Waals surface area contributed by atoms with E-state index in [0.29, 0.717) is 5.56 Å². The van der Waals surface area contributed by atoms with Gasteiger partial charge in [-0.25, -0.2) is 0 Å². The van der Waals surface area contributed by atoms with Crippen molar-refractivity contribution < 1.29 is 9.53 Å². The van der Waals surface area contributed by atoms with Gasteiger partial charge in [0, 0.05) is 16.5 Å². The Labute approximate surface area is 109 Å². The Morgan fingerprint density at radius 2 is 1.78 bits per heavy atom. The van der Waals surface area contributed by atoms with E-state index in [4.69, 9.17) is 10.5 Å². The van der Waals surface area contributed by atoms with Crippen LogP contribution in [-0.4, -0.2) is 18.4 Å². The van der Waals surface area contributed by atoms with Gasteiger partial charge in [-0.05, 0) is 44.5 Å². The minimum absolute atomic E-state index is 0.0650. The lowest BCUT2D eigenvalue weighted by Gasteiger charge is -2.37. The second-order valence-electron chi connectivity index (χ2n) is 5.86. The van der Waals surface area contributed by atoms with Crippen molar-refractivity contribution in [1.82, 2.24) is 0 Å². The molecule has 0 amide bonds. The first kappa shape index (κ1) is 14.7. The van der Waals surface area contributed by atoms with Crippen LogP contribution in [0.1, 0.15) is 43.6 Å². The summed E-state index contributed by atoms with van der Waals surface area (Å²) in [4.78, 5) is 12.6. The average Bonchev–Trinajstić information content (AvgIpc) is 2.26. The van der Waals surface area contributed by atoms with E-state index in [1.807, 2.05) is 46.8 Å². The maximum absolute atomic E-state index is 12.6. The fraction of sp³-hybridized carbons (Fsp3) is 0.533. The summed E-state index contributed by atoms with van der Waals surface area (Å²) >= 11 is 0. The molecule has 0 aliphatic rings. The van der Waals surface area contributed by atoms with E-state index in [2.05, 4.69) is 0 Å². The number of carbonyl (C=O) groups is 1. The Kier molecular flexibility index (Phi) is 3.86. The van der Waals surface area contributed by atoms with E-state index in [1.165, 1.54) is 0 Å². The lowest BCUT2D eigenvalue weighted by Crippen LogP contribution is -2.51. The smallest absolute Gasteiger partial charge is 0.170 e. The second kappa shape index (κ2) is 4.73. The molecule has 0 fully saturated rings. The summed E-state index contributed by atoms with van der Waals surface area (Å²) in [6.45, 7) is 9.45. The highest BCUT2D eigenvalue weighted by molar-refractivity contribution is 6.02. The fourth-order valence-electron chi connectivity index (χ4n) is 1.65. The van der Waals surface area contributed by atoms with Crippen LogP contribution in [0.5, 0.6) is 5.75 Å². The highest BCUT2D eigenvalue weighted by Crippen LogP contribution is 2.33. The number of benzene rings is 1. The summed E-state index contributed by atoms with van der Waals surface area (Å²) in [5.41, 5.74) is 6.54. The minimum atomic E-state index is -0.619. The van der Waals surface area contributed by atoms with Gasteiger partial charge in [0.05, 0.1) is 7.11 Å². The number of ether oxygens (including phenoxy) is 1. The van der Waals surface area contributed by atoms with Crippen molar-refractivity contribution in [3.63, 3.8) is 0 Å². The molecule has 0 aliphatic carbocycles. The zero-order valence-corrected chi connectivity index (χ0v) is 12.1. The molecule has 0 saturated carbocycles. The largest absolute Gasteiger partial charge is 0.497 e. The van der Waals surface area contributed by atoms with Crippen molar-refractivity contribution in [1.29, 1.82) is 0 Å². The first-order chi connectivity index (χ1) is 8.11. The van der Waals surface area contributed by atoms with Crippen LogP contribution in [0.2, 0.25) is 0 Å². The molecule has 0 aliphatic heterocycles. The van der Waals surface area contributed by atoms with Crippen molar-refractivity contribution in [2.75, 3.05) is 7.11 Å². The van der Waals surface area contributed by atoms with Crippen molar-refractivity contribution in [2.45, 2.75) is 40.2 Å². The Hall–Kier alpha value is -1.35. The molecular weight excluding hydrogens is 226 g/mol. The van der Waals surface area contributed by atoms with Gasteiger partial charge < -0.3 is 10.5 Å². The molecule has 2 N–H and O–H groups in total. The highest BCUT2D eigenvalue weighted by atomic mass is 16.5. The third-order valence-corrected chi connectivity index (χ3v) is 3.86. The maximum atomic E-state index is 12.6. The number of rotatable bonds is 4. The molecule has 0 saturated heterocycles. The van der Waals surface area contributed by atoms with E-state index >= 15 is 0 Å². The van der Waals surface area contributed by atoms with Crippen LogP contribution < -0.4 is 10.5 Å². The van der Waals surface area contributed by atoms with Gasteiger partial charge in [-0.3, -0.25) is 4.79 Å². The topological polar surface area (TPSA) is 52.3 Å². The zero-order chi connectivity index (χ0) is 14.1. The van der Waals surface area contributed by atoms with Gasteiger partial charge in [-0.1, -0.05) is 13.8 Å². The number of hydrogen-bond acceptors (Lipinski definition) is 3. The van der Waals surface area contributed by atoms with E-state index in [1.54, 1.807) is 13.2 Å². The van der Waals surface area contributed by atoms with Crippen molar-refractivity contribution in [3.05, 3.63) is 29.3 Å². The predicted molar refractivity (Wildman–Crippen MR) is 74.1 cm³/mol. The molecule has 100 valence electrons. The molecule has 0 spiro atoms. The summed E-state index contributed by atoms with van der Waals surface area (Å²) in [6.07, 6.45) is 0. The van der Waals surface area contributed by atoms with Gasteiger partial charge in [0.2, 0.25) is 0 Å². The molecule has 0 unspecified atom stereocenters. The molecule has 0 radical (unpaired) electrons. The number of aryl methyl sites for hydroxylation is 1. The van der Waals surface area contributed by atoms with Crippen LogP contribution in [-0.2, 0) is 0 Å². The van der Waals surface area contributed by atoms with Gasteiger partial charge in [0.15, 0.2) is 5.78 Å². The molecule has 3 heteroatoms. The van der Waals surface area contributed by atoms with Crippen LogP contribution in [0, 0.1) is 12.3 Å². The van der Waals surface area contributed by atoms with Crippen LogP contribution in [0.4, 0.5) is 0 Å². The summed E-state index contributed by atoms with van der Waals surface area (Å²) in [6, 6.07) is 5.48. The third-order valence-electron chi connectivity index (χ3n) is 3.86. The molecule has 0 atom stereocenters. The molecule has 3 nitrogen and oxygen atoms in total. The number of Topliss-reactive ketones (excluding diaryl/α,β-unsaturated/α-hetero) is 1. The van der Waals surface area contributed by atoms with Crippen LogP contribution in [0.15, 0.2) is 18.2 Å². The Morgan fingerprint density at radius 3 is 2.17 bits per heavy atom. The van der Waals surface area contributed by atoms with E-state index < -0.39 is 11.0 Å². The zero-order valence-electron chi connectivity index (χ0n) is 12.1. The van der Waals surface area contributed by atoms with Gasteiger partial charge in [-0.2, -0.15) is 0 Å². The summed E-state index contributed by atoms with van der Waals surface area (Å²) in [5.74, 6) is 0.823. The second-order valence-corrected chi connectivity index (χ2v) is 5.86. The predicted octanol–water partition coefficient (Wildman–Crippen LogP) is 2.95. The van der Waals surface area contributed by atoms with Crippen molar-refractivity contribution in [2.24, 2.45) is 11.1 Å². The molecule has 0 aromatic heterocycles. The highest BCUT2D eigenvalue weighted by Gasteiger charge is 2.41. The monoisotopic (exact) mass is 249 g/mol. The number of carbonyl (C=O) groups excluding carboxylic acids is 1. The number of hydrogen-bond donors (Lipinski definition) is 1. The lowest BCUT2D eigenvalue weighted by molar-refractivity contribution is 0.0734. The van der Waals surface area contributed by atoms with Gasteiger partial charge in [0.25, 0.3) is 0 Å². The van der Waals surface area contributed by atoms with Crippen molar-refractivity contribution >= 4 is 5.78 Å².